The fourth-order valence-electron chi connectivity index (χ4n) is 1.68. The van der Waals surface area contributed by atoms with Crippen LogP contribution in [0.5, 0.6) is 5.75 Å². The molecule has 1 N–H and O–H groups in total. The fraction of sp³-hybridized carbons (Fsp3) is 0.333. The first-order valence-corrected chi connectivity index (χ1v) is 7.42. The summed E-state index contributed by atoms with van der Waals surface area (Å²) >= 11 is 0. The molecule has 0 heterocycles. The van der Waals surface area contributed by atoms with Crippen molar-refractivity contribution in [3.8, 4) is 5.75 Å². The number of benzene rings is 1. The van der Waals surface area contributed by atoms with Gasteiger partial charge in [0.05, 0.1) is 13.2 Å². The van der Waals surface area contributed by atoms with Crippen molar-refractivity contribution in [3.05, 3.63) is 53.6 Å². The van der Waals surface area contributed by atoms with Crippen molar-refractivity contribution in [2.24, 2.45) is 0 Å². The number of hydrogen-bond donors (Lipinski definition) is 1. The molecule has 0 aliphatic heterocycles. The van der Waals surface area contributed by atoms with Gasteiger partial charge in [0, 0.05) is 24.0 Å². The predicted molar refractivity (Wildman–Crippen MR) is 87.3 cm³/mol. The summed E-state index contributed by atoms with van der Waals surface area (Å²) < 4.78 is 10.6. The van der Waals surface area contributed by atoms with Gasteiger partial charge in [-0.15, -0.1) is 0 Å². The van der Waals surface area contributed by atoms with Gasteiger partial charge in [-0.3, -0.25) is 0 Å². The standard InChI is InChI=1S/C18H22O5/c1-14(17(19)20)8-6-13-23-18(21)15(2)9-7-12-22-16-10-4-3-5-11-16/h3-5,8-11H,6-7,12-13H2,1-2H3,(H,19,20). The van der Waals surface area contributed by atoms with Crippen LogP contribution >= 0.6 is 0 Å². The topological polar surface area (TPSA) is 72.8 Å². The minimum Gasteiger partial charge on any atom is -0.493 e. The van der Waals surface area contributed by atoms with E-state index in [0.29, 0.717) is 25.0 Å². The lowest BCUT2D eigenvalue weighted by molar-refractivity contribution is -0.138. The highest BCUT2D eigenvalue weighted by Gasteiger charge is 2.05. The zero-order valence-corrected chi connectivity index (χ0v) is 13.5. The first kappa shape index (κ1) is 18.5. The van der Waals surface area contributed by atoms with Crippen molar-refractivity contribution >= 4 is 11.9 Å². The van der Waals surface area contributed by atoms with Gasteiger partial charge in [-0.25, -0.2) is 9.59 Å². The second kappa shape index (κ2) is 10.2. The first-order chi connectivity index (χ1) is 11.0. The molecule has 0 aliphatic rings. The summed E-state index contributed by atoms with van der Waals surface area (Å²) in [6, 6.07) is 9.46. The van der Waals surface area contributed by atoms with Gasteiger partial charge < -0.3 is 14.6 Å². The maximum Gasteiger partial charge on any atom is 0.333 e. The third-order valence-electron chi connectivity index (χ3n) is 3.04. The number of ether oxygens (including phenoxy) is 2. The van der Waals surface area contributed by atoms with Crippen molar-refractivity contribution in [2.75, 3.05) is 13.2 Å². The monoisotopic (exact) mass is 318 g/mol. The number of esters is 1. The average Bonchev–Trinajstić information content (AvgIpc) is 2.55. The number of para-hydroxylation sites is 1. The minimum absolute atomic E-state index is 0.162. The molecule has 124 valence electrons. The molecule has 0 radical (unpaired) electrons. The molecule has 0 saturated carbocycles. The number of carboxylic acids is 1. The van der Waals surface area contributed by atoms with Crippen LogP contribution < -0.4 is 4.74 Å². The lowest BCUT2D eigenvalue weighted by Crippen LogP contribution is -2.07. The highest BCUT2D eigenvalue weighted by molar-refractivity contribution is 5.87. The summed E-state index contributed by atoms with van der Waals surface area (Å²) in [4.78, 5) is 22.3. The molecule has 0 amide bonds. The van der Waals surface area contributed by atoms with Crippen LogP contribution in [0, 0.1) is 0 Å². The Kier molecular flexibility index (Phi) is 8.21. The Labute approximate surface area is 136 Å². The Morgan fingerprint density at radius 1 is 1.00 bits per heavy atom. The lowest BCUT2D eigenvalue weighted by Gasteiger charge is -2.05. The van der Waals surface area contributed by atoms with Crippen LogP contribution in [0.4, 0.5) is 0 Å². The normalized spacial score (nSPS) is 11.9. The number of carbonyl (C=O) groups excluding carboxylic acids is 1. The molecule has 0 bridgehead atoms. The zero-order valence-electron chi connectivity index (χ0n) is 13.5. The molecule has 1 rings (SSSR count). The van der Waals surface area contributed by atoms with E-state index in [1.165, 1.54) is 13.0 Å². The first-order valence-electron chi connectivity index (χ1n) is 7.42. The number of aliphatic carboxylic acids is 1. The summed E-state index contributed by atoms with van der Waals surface area (Å²) in [6.45, 7) is 3.83. The Balaban J connectivity index is 2.24. The summed E-state index contributed by atoms with van der Waals surface area (Å²) in [5.41, 5.74) is 0.756. The van der Waals surface area contributed by atoms with E-state index in [2.05, 4.69) is 0 Å². The highest BCUT2D eigenvalue weighted by Crippen LogP contribution is 2.09. The molecule has 1 aromatic rings. The van der Waals surface area contributed by atoms with Crippen molar-refractivity contribution in [1.29, 1.82) is 0 Å². The number of hydrogen-bond acceptors (Lipinski definition) is 4. The molecule has 0 fully saturated rings. The fourth-order valence-corrected chi connectivity index (χ4v) is 1.68. The molecule has 23 heavy (non-hydrogen) atoms. The maximum atomic E-state index is 11.7. The average molecular weight is 318 g/mol. The van der Waals surface area contributed by atoms with E-state index in [-0.39, 0.29) is 12.2 Å². The summed E-state index contributed by atoms with van der Waals surface area (Å²) in [7, 11) is 0. The largest absolute Gasteiger partial charge is 0.493 e. The van der Waals surface area contributed by atoms with Crippen LogP contribution in [0.25, 0.3) is 0 Å². The van der Waals surface area contributed by atoms with Gasteiger partial charge in [-0.05, 0) is 26.0 Å². The number of rotatable bonds is 9. The van der Waals surface area contributed by atoms with Gasteiger partial charge >= 0.3 is 11.9 Å². The Morgan fingerprint density at radius 3 is 2.26 bits per heavy atom. The van der Waals surface area contributed by atoms with Crippen molar-refractivity contribution in [3.63, 3.8) is 0 Å². The van der Waals surface area contributed by atoms with Gasteiger partial charge in [0.25, 0.3) is 0 Å². The zero-order chi connectivity index (χ0) is 17.1. The van der Waals surface area contributed by atoms with Crippen LogP contribution in [0.2, 0.25) is 0 Å². The molecular weight excluding hydrogens is 296 g/mol. The van der Waals surface area contributed by atoms with E-state index < -0.39 is 11.9 Å². The minimum atomic E-state index is -0.967. The van der Waals surface area contributed by atoms with E-state index in [0.717, 1.165) is 5.75 Å². The Hall–Kier alpha value is -2.56. The Morgan fingerprint density at radius 2 is 1.61 bits per heavy atom. The van der Waals surface area contributed by atoms with Gasteiger partial charge in [0.15, 0.2) is 0 Å². The molecule has 0 atom stereocenters. The Bertz CT molecular complexity index is 572. The molecule has 5 nitrogen and oxygen atoms in total. The molecule has 0 unspecified atom stereocenters. The van der Waals surface area contributed by atoms with Crippen LogP contribution in [0.3, 0.4) is 0 Å². The lowest BCUT2D eigenvalue weighted by atomic mass is 10.2. The molecule has 0 aromatic heterocycles. The molecule has 5 heteroatoms. The van der Waals surface area contributed by atoms with Gasteiger partial charge in [-0.1, -0.05) is 30.4 Å². The molecule has 0 saturated heterocycles. The molecule has 0 aliphatic carbocycles. The summed E-state index contributed by atoms with van der Waals surface area (Å²) in [6.07, 6.45) is 4.29. The van der Waals surface area contributed by atoms with Crippen molar-refractivity contribution < 1.29 is 24.2 Å². The van der Waals surface area contributed by atoms with Gasteiger partial charge in [0.1, 0.15) is 5.75 Å². The van der Waals surface area contributed by atoms with E-state index >= 15 is 0 Å². The van der Waals surface area contributed by atoms with E-state index in [1.807, 2.05) is 30.3 Å². The third kappa shape index (κ3) is 7.85. The van der Waals surface area contributed by atoms with Gasteiger partial charge in [-0.2, -0.15) is 0 Å². The van der Waals surface area contributed by atoms with E-state index in [9.17, 15) is 9.59 Å². The maximum absolute atomic E-state index is 11.7. The number of carboxylic acid groups (broad SMARTS) is 1. The second-order valence-corrected chi connectivity index (χ2v) is 4.95. The van der Waals surface area contributed by atoms with Crippen LogP contribution in [0.15, 0.2) is 53.6 Å². The van der Waals surface area contributed by atoms with Crippen LogP contribution in [-0.2, 0) is 14.3 Å². The van der Waals surface area contributed by atoms with Crippen molar-refractivity contribution in [1.82, 2.24) is 0 Å². The summed E-state index contributed by atoms with van der Waals surface area (Å²) in [5, 5.41) is 8.68. The van der Waals surface area contributed by atoms with Gasteiger partial charge in [0.2, 0.25) is 0 Å². The van der Waals surface area contributed by atoms with Crippen LogP contribution in [-0.4, -0.2) is 30.3 Å². The second-order valence-electron chi connectivity index (χ2n) is 4.95. The van der Waals surface area contributed by atoms with Crippen molar-refractivity contribution in [2.45, 2.75) is 26.7 Å². The smallest absolute Gasteiger partial charge is 0.333 e. The SMILES string of the molecule is CC(=CCCOC(=O)C(C)=CCCOc1ccccc1)C(=O)O. The molecular formula is C18H22O5. The third-order valence-corrected chi connectivity index (χ3v) is 3.04. The molecule has 0 spiro atoms. The molecule has 1 aromatic carbocycles. The predicted octanol–water partition coefficient (Wildman–Crippen LogP) is 3.37. The highest BCUT2D eigenvalue weighted by atomic mass is 16.5. The quantitative estimate of drug-likeness (QED) is 0.429. The number of carbonyl (C=O) groups is 2. The van der Waals surface area contributed by atoms with Crippen LogP contribution in [0.1, 0.15) is 26.7 Å². The van der Waals surface area contributed by atoms with E-state index in [1.54, 1.807) is 13.0 Å². The summed E-state index contributed by atoms with van der Waals surface area (Å²) in [5.74, 6) is -0.571. The van der Waals surface area contributed by atoms with E-state index in [4.69, 9.17) is 14.6 Å².